The molecule has 1 aliphatic heterocycles. The number of para-hydroxylation sites is 1. The summed E-state index contributed by atoms with van der Waals surface area (Å²) in [4.78, 5) is 31.7. The second kappa shape index (κ2) is 9.90. The van der Waals surface area contributed by atoms with Gasteiger partial charge >= 0.3 is 0 Å². The van der Waals surface area contributed by atoms with Crippen molar-refractivity contribution in [2.45, 2.75) is 18.9 Å². The van der Waals surface area contributed by atoms with E-state index in [9.17, 15) is 4.79 Å². The lowest BCUT2D eigenvalue weighted by molar-refractivity contribution is 0.249. The van der Waals surface area contributed by atoms with Crippen LogP contribution in [-0.4, -0.2) is 62.0 Å². The zero-order chi connectivity index (χ0) is 26.4. The summed E-state index contributed by atoms with van der Waals surface area (Å²) in [7, 11) is 4.30. The Hall–Kier alpha value is -3.66. The lowest BCUT2D eigenvalue weighted by Crippen LogP contribution is -2.41. The lowest BCUT2D eigenvalue weighted by atomic mass is 10.0. The van der Waals surface area contributed by atoms with Crippen molar-refractivity contribution < 1.29 is 0 Å². The first kappa shape index (κ1) is 24.7. The monoisotopic (exact) mass is 548 g/mol. The van der Waals surface area contributed by atoms with Crippen LogP contribution in [0.4, 0.5) is 17.3 Å². The van der Waals surface area contributed by atoms with Crippen molar-refractivity contribution in [1.29, 1.82) is 0 Å². The van der Waals surface area contributed by atoms with Crippen LogP contribution in [0.3, 0.4) is 0 Å². The summed E-state index contributed by atoms with van der Waals surface area (Å²) in [5.74, 6) is 0.726. The van der Waals surface area contributed by atoms with Crippen LogP contribution >= 0.6 is 23.2 Å². The molecule has 4 heterocycles. The van der Waals surface area contributed by atoms with E-state index in [0.29, 0.717) is 44.5 Å². The van der Waals surface area contributed by atoms with Gasteiger partial charge in [0.05, 0.1) is 15.7 Å². The molecule has 0 radical (unpaired) electrons. The van der Waals surface area contributed by atoms with Gasteiger partial charge in [0.2, 0.25) is 11.7 Å². The third kappa shape index (κ3) is 4.36. The molecule has 0 saturated carbocycles. The van der Waals surface area contributed by atoms with E-state index < -0.39 is 0 Å². The third-order valence-electron chi connectivity index (χ3n) is 7.10. The van der Waals surface area contributed by atoms with E-state index in [4.69, 9.17) is 23.2 Å². The van der Waals surface area contributed by atoms with Crippen LogP contribution in [0.25, 0.3) is 22.5 Å². The number of rotatable bonds is 5. The Morgan fingerprint density at radius 2 is 1.71 bits per heavy atom. The minimum Gasteiger partial charge on any atom is -0.371 e. The number of nitrogens with one attached hydrogen (secondary N) is 1. The van der Waals surface area contributed by atoms with Crippen LogP contribution in [0.1, 0.15) is 12.8 Å². The third-order valence-corrected chi connectivity index (χ3v) is 7.71. The van der Waals surface area contributed by atoms with E-state index in [-0.39, 0.29) is 5.56 Å². The van der Waals surface area contributed by atoms with Gasteiger partial charge in [-0.1, -0.05) is 29.3 Å². The molecule has 1 N–H and O–H groups in total. The number of aromatic nitrogens is 5. The average Bonchev–Trinajstić information content (AvgIpc) is 3.41. The van der Waals surface area contributed by atoms with Gasteiger partial charge in [0.25, 0.3) is 5.56 Å². The van der Waals surface area contributed by atoms with Crippen molar-refractivity contribution in [3.63, 3.8) is 0 Å². The number of halogens is 2. The Morgan fingerprint density at radius 3 is 2.39 bits per heavy atom. The molecule has 0 aliphatic carbocycles. The zero-order valence-electron chi connectivity index (χ0n) is 21.0. The average molecular weight is 549 g/mol. The highest BCUT2D eigenvalue weighted by Crippen LogP contribution is 2.29. The van der Waals surface area contributed by atoms with Gasteiger partial charge in [0.1, 0.15) is 5.39 Å². The largest absolute Gasteiger partial charge is 0.371 e. The van der Waals surface area contributed by atoms with E-state index in [1.165, 1.54) is 16.5 Å². The van der Waals surface area contributed by atoms with Crippen molar-refractivity contribution in [3.05, 3.63) is 81.5 Å². The Labute approximate surface area is 229 Å². The highest BCUT2D eigenvalue weighted by molar-refractivity contribution is 6.37. The quantitative estimate of drug-likeness (QED) is 0.330. The molecule has 0 atom stereocenters. The molecule has 1 aliphatic rings. The van der Waals surface area contributed by atoms with Gasteiger partial charge in [-0.3, -0.25) is 9.20 Å². The maximum Gasteiger partial charge on any atom is 0.270 e. The summed E-state index contributed by atoms with van der Waals surface area (Å²) in [6.45, 7) is 2.09. The molecule has 1 fully saturated rings. The molecule has 9 nitrogen and oxygen atoms in total. The second-order valence-electron chi connectivity index (χ2n) is 9.59. The number of benzene rings is 2. The molecule has 38 heavy (non-hydrogen) atoms. The molecule has 0 spiro atoms. The smallest absolute Gasteiger partial charge is 0.270 e. The van der Waals surface area contributed by atoms with Gasteiger partial charge in [-0.25, -0.2) is 14.5 Å². The number of anilines is 3. The number of hydrogen-bond acceptors (Lipinski definition) is 7. The molecule has 11 heteroatoms. The summed E-state index contributed by atoms with van der Waals surface area (Å²) in [5.41, 5.74) is 2.50. The fraction of sp³-hybridized carbons (Fsp3) is 0.259. The maximum atomic E-state index is 13.5. The Balaban J connectivity index is 1.31. The molecule has 0 unspecified atom stereocenters. The summed E-state index contributed by atoms with van der Waals surface area (Å²) in [6.07, 6.45) is 7.17. The number of hydrogen-bond donors (Lipinski definition) is 1. The second-order valence-corrected chi connectivity index (χ2v) is 10.4. The van der Waals surface area contributed by atoms with E-state index >= 15 is 0 Å². The minimum absolute atomic E-state index is 0.313. The zero-order valence-corrected chi connectivity index (χ0v) is 22.5. The lowest BCUT2D eigenvalue weighted by Gasteiger charge is -2.36. The molecule has 194 valence electrons. The van der Waals surface area contributed by atoms with Crippen LogP contribution in [0, 0.1) is 0 Å². The topological polar surface area (TPSA) is 83.6 Å². The van der Waals surface area contributed by atoms with Gasteiger partial charge in [-0.15, -0.1) is 0 Å². The van der Waals surface area contributed by atoms with Crippen LogP contribution in [0.15, 0.2) is 65.8 Å². The molecule has 3 aromatic heterocycles. The number of imidazole rings is 1. The molecule has 6 rings (SSSR count). The SMILES string of the molecule is CN(C)C1CCN(c2ccc(Nc3ncc4c(=O)n(-c5c(Cl)cccc5Cl)c5nccn5c4n3)cc2)CC1. The number of nitrogens with zero attached hydrogens (tertiary/aromatic N) is 7. The van der Waals surface area contributed by atoms with Crippen LogP contribution in [-0.2, 0) is 0 Å². The van der Waals surface area contributed by atoms with Crippen molar-refractivity contribution >= 4 is 57.3 Å². The maximum absolute atomic E-state index is 13.5. The number of piperidine rings is 1. The first-order valence-corrected chi connectivity index (χ1v) is 13.1. The van der Waals surface area contributed by atoms with Gasteiger partial charge in [0, 0.05) is 49.1 Å². The predicted molar refractivity (Wildman–Crippen MR) is 153 cm³/mol. The van der Waals surface area contributed by atoms with E-state index in [2.05, 4.69) is 56.3 Å². The van der Waals surface area contributed by atoms with Crippen LogP contribution in [0.2, 0.25) is 10.0 Å². The number of fused-ring (bicyclic) bond motifs is 3. The van der Waals surface area contributed by atoms with Crippen LogP contribution < -0.4 is 15.8 Å². The van der Waals surface area contributed by atoms with Gasteiger partial charge in [-0.05, 0) is 63.3 Å². The normalized spacial score (nSPS) is 14.6. The van der Waals surface area contributed by atoms with Crippen molar-refractivity contribution in [2.24, 2.45) is 0 Å². The van der Waals surface area contributed by atoms with E-state index in [0.717, 1.165) is 31.6 Å². The van der Waals surface area contributed by atoms with Gasteiger partial charge in [0.15, 0.2) is 5.65 Å². The molecular formula is C27H26Cl2N8O. The molecule has 0 bridgehead atoms. The predicted octanol–water partition coefficient (Wildman–Crippen LogP) is 5.01. The summed E-state index contributed by atoms with van der Waals surface area (Å²) in [5, 5.41) is 4.25. The Kier molecular flexibility index (Phi) is 6.43. The van der Waals surface area contributed by atoms with E-state index in [1.807, 2.05) is 12.1 Å². The molecule has 5 aromatic rings. The minimum atomic E-state index is -0.359. The first-order valence-electron chi connectivity index (χ1n) is 12.4. The fourth-order valence-corrected chi connectivity index (χ4v) is 5.60. The van der Waals surface area contributed by atoms with E-state index in [1.54, 1.807) is 35.0 Å². The Bertz CT molecular complexity index is 1670. The molecule has 1 saturated heterocycles. The first-order chi connectivity index (χ1) is 18.4. The standard InChI is InChI=1S/C27H26Cl2N8O/c1-34(2)18-10-13-35(14-11-18)19-8-6-17(7-9-19)32-26-31-16-20-24(33-26)36-15-12-30-27(36)37(25(20)38)23-21(28)4-3-5-22(23)29/h3-9,12,15-16,18H,10-11,13-14H2,1-2H3,(H,31,32,33). The Morgan fingerprint density at radius 1 is 1.00 bits per heavy atom. The highest BCUT2D eigenvalue weighted by Gasteiger charge is 2.21. The van der Waals surface area contributed by atoms with Crippen molar-refractivity contribution in [3.8, 4) is 5.69 Å². The van der Waals surface area contributed by atoms with Crippen molar-refractivity contribution in [1.82, 2.24) is 28.8 Å². The van der Waals surface area contributed by atoms with Crippen LogP contribution in [0.5, 0.6) is 0 Å². The molecule has 0 amide bonds. The van der Waals surface area contributed by atoms with Crippen molar-refractivity contribution in [2.75, 3.05) is 37.4 Å². The van der Waals surface area contributed by atoms with Gasteiger partial charge < -0.3 is 15.1 Å². The summed E-state index contributed by atoms with van der Waals surface area (Å²) >= 11 is 12.8. The molecular weight excluding hydrogens is 523 g/mol. The summed E-state index contributed by atoms with van der Waals surface area (Å²) in [6, 6.07) is 14.0. The van der Waals surface area contributed by atoms with Gasteiger partial charge in [-0.2, -0.15) is 4.98 Å². The summed E-state index contributed by atoms with van der Waals surface area (Å²) < 4.78 is 3.12. The molecule has 2 aromatic carbocycles. The highest BCUT2D eigenvalue weighted by atomic mass is 35.5. The fourth-order valence-electron chi connectivity index (χ4n) is 5.03.